The van der Waals surface area contributed by atoms with E-state index in [1.165, 1.54) is 11.1 Å². The third kappa shape index (κ3) is 4.92. The molecule has 0 saturated heterocycles. The standard InChI is InChI=1S/C19H24N2O/c1-3-21(15-18-7-5-4-6-8-18)19(22)20-14-13-17-11-9-16(2)10-12-17/h4-12H,3,13-15H2,1-2H3,(H,20,22). The van der Waals surface area contributed by atoms with Crippen molar-refractivity contribution in [1.82, 2.24) is 10.2 Å². The molecule has 3 heteroatoms. The van der Waals surface area contributed by atoms with Gasteiger partial charge in [-0.3, -0.25) is 0 Å². The average Bonchev–Trinajstić information content (AvgIpc) is 2.55. The normalized spacial score (nSPS) is 10.3. The number of nitrogens with zero attached hydrogens (tertiary/aromatic N) is 1. The Morgan fingerprint density at radius 3 is 2.32 bits per heavy atom. The predicted octanol–water partition coefficient (Wildman–Crippen LogP) is 3.77. The number of carbonyl (C=O) groups excluding carboxylic acids is 1. The van der Waals surface area contributed by atoms with E-state index in [2.05, 4.69) is 36.5 Å². The zero-order chi connectivity index (χ0) is 15.8. The molecule has 3 nitrogen and oxygen atoms in total. The lowest BCUT2D eigenvalue weighted by molar-refractivity contribution is 0.198. The first-order valence-corrected chi connectivity index (χ1v) is 7.81. The maximum atomic E-state index is 12.2. The number of amides is 2. The zero-order valence-corrected chi connectivity index (χ0v) is 13.4. The van der Waals surface area contributed by atoms with Crippen molar-refractivity contribution in [2.24, 2.45) is 0 Å². The minimum absolute atomic E-state index is 0.00142. The molecule has 1 N–H and O–H groups in total. The van der Waals surface area contributed by atoms with Crippen LogP contribution in [0.2, 0.25) is 0 Å². The highest BCUT2D eigenvalue weighted by Crippen LogP contribution is 2.05. The van der Waals surface area contributed by atoms with Crippen LogP contribution in [0.15, 0.2) is 54.6 Å². The van der Waals surface area contributed by atoms with Gasteiger partial charge in [0.2, 0.25) is 0 Å². The Balaban J connectivity index is 1.80. The van der Waals surface area contributed by atoms with E-state index >= 15 is 0 Å². The van der Waals surface area contributed by atoms with Gasteiger partial charge in [-0.25, -0.2) is 4.79 Å². The van der Waals surface area contributed by atoms with Crippen molar-refractivity contribution in [3.05, 3.63) is 71.3 Å². The first kappa shape index (κ1) is 16.1. The highest BCUT2D eigenvalue weighted by molar-refractivity contribution is 5.74. The molecule has 116 valence electrons. The second-order valence-corrected chi connectivity index (χ2v) is 5.47. The molecule has 2 amide bonds. The molecule has 0 fully saturated rings. The number of carbonyl (C=O) groups is 1. The maximum absolute atomic E-state index is 12.2. The number of hydrogen-bond acceptors (Lipinski definition) is 1. The summed E-state index contributed by atoms with van der Waals surface area (Å²) in [4.78, 5) is 14.1. The molecule has 0 aromatic heterocycles. The van der Waals surface area contributed by atoms with Gasteiger partial charge in [-0.15, -0.1) is 0 Å². The molecular weight excluding hydrogens is 272 g/mol. The van der Waals surface area contributed by atoms with Crippen molar-refractivity contribution in [3.8, 4) is 0 Å². The van der Waals surface area contributed by atoms with Crippen LogP contribution < -0.4 is 5.32 Å². The van der Waals surface area contributed by atoms with E-state index in [9.17, 15) is 4.79 Å². The molecule has 0 atom stereocenters. The van der Waals surface area contributed by atoms with Gasteiger partial charge in [0.05, 0.1) is 0 Å². The summed E-state index contributed by atoms with van der Waals surface area (Å²) in [7, 11) is 0. The van der Waals surface area contributed by atoms with Crippen LogP contribution in [0.5, 0.6) is 0 Å². The minimum atomic E-state index is -0.00142. The molecule has 0 radical (unpaired) electrons. The van der Waals surface area contributed by atoms with E-state index in [4.69, 9.17) is 0 Å². The van der Waals surface area contributed by atoms with Gasteiger partial charge in [0.15, 0.2) is 0 Å². The lowest BCUT2D eigenvalue weighted by Crippen LogP contribution is -2.40. The van der Waals surface area contributed by atoms with E-state index in [-0.39, 0.29) is 6.03 Å². The van der Waals surface area contributed by atoms with Crippen LogP contribution in [0, 0.1) is 6.92 Å². The Morgan fingerprint density at radius 1 is 1.00 bits per heavy atom. The molecule has 0 aliphatic heterocycles. The number of hydrogen-bond donors (Lipinski definition) is 1. The van der Waals surface area contributed by atoms with Crippen LogP contribution in [0.25, 0.3) is 0 Å². The zero-order valence-electron chi connectivity index (χ0n) is 13.4. The lowest BCUT2D eigenvalue weighted by atomic mass is 10.1. The number of urea groups is 1. The minimum Gasteiger partial charge on any atom is -0.338 e. The quantitative estimate of drug-likeness (QED) is 0.864. The van der Waals surface area contributed by atoms with Crippen LogP contribution in [-0.4, -0.2) is 24.0 Å². The maximum Gasteiger partial charge on any atom is 0.317 e. The molecule has 0 saturated carbocycles. The number of aryl methyl sites for hydroxylation is 1. The monoisotopic (exact) mass is 296 g/mol. The van der Waals surface area contributed by atoms with Crippen molar-refractivity contribution in [1.29, 1.82) is 0 Å². The molecule has 2 aromatic rings. The number of nitrogens with one attached hydrogen (secondary N) is 1. The fraction of sp³-hybridized carbons (Fsp3) is 0.316. The van der Waals surface area contributed by atoms with Crippen LogP contribution in [0.1, 0.15) is 23.6 Å². The number of rotatable bonds is 6. The summed E-state index contributed by atoms with van der Waals surface area (Å²) in [6, 6.07) is 18.5. The predicted molar refractivity (Wildman–Crippen MR) is 90.8 cm³/mol. The topological polar surface area (TPSA) is 32.3 Å². The van der Waals surface area contributed by atoms with Crippen LogP contribution in [0.3, 0.4) is 0 Å². The molecule has 2 rings (SSSR count). The van der Waals surface area contributed by atoms with Crippen molar-refractivity contribution in [3.63, 3.8) is 0 Å². The van der Waals surface area contributed by atoms with Crippen molar-refractivity contribution >= 4 is 6.03 Å². The van der Waals surface area contributed by atoms with Crippen molar-refractivity contribution in [2.75, 3.05) is 13.1 Å². The second kappa shape index (κ2) is 8.23. The third-order valence-corrected chi connectivity index (χ3v) is 3.70. The van der Waals surface area contributed by atoms with E-state index < -0.39 is 0 Å². The molecule has 0 aliphatic carbocycles. The SMILES string of the molecule is CCN(Cc1ccccc1)C(=O)NCCc1ccc(C)cc1. The van der Waals surface area contributed by atoms with Gasteiger partial charge in [0.1, 0.15) is 0 Å². The Labute approximate surface area is 133 Å². The van der Waals surface area contributed by atoms with Crippen LogP contribution in [-0.2, 0) is 13.0 Å². The van der Waals surface area contributed by atoms with Crippen molar-refractivity contribution < 1.29 is 4.79 Å². The molecule has 0 heterocycles. The van der Waals surface area contributed by atoms with Gasteiger partial charge in [-0.1, -0.05) is 60.2 Å². The molecule has 0 unspecified atom stereocenters. The van der Waals surface area contributed by atoms with Crippen LogP contribution >= 0.6 is 0 Å². The summed E-state index contributed by atoms with van der Waals surface area (Å²) in [6.07, 6.45) is 0.856. The fourth-order valence-electron chi connectivity index (χ4n) is 2.31. The summed E-state index contributed by atoms with van der Waals surface area (Å²) in [6.45, 7) is 6.09. The van der Waals surface area contributed by atoms with Gasteiger partial charge in [-0.2, -0.15) is 0 Å². The summed E-state index contributed by atoms with van der Waals surface area (Å²) in [5.74, 6) is 0. The van der Waals surface area contributed by atoms with Gasteiger partial charge in [0, 0.05) is 19.6 Å². The Bertz CT molecular complexity index is 578. The Morgan fingerprint density at radius 2 is 1.68 bits per heavy atom. The summed E-state index contributed by atoms with van der Waals surface area (Å²) < 4.78 is 0. The largest absolute Gasteiger partial charge is 0.338 e. The summed E-state index contributed by atoms with van der Waals surface area (Å²) in [5, 5.41) is 3.00. The highest BCUT2D eigenvalue weighted by atomic mass is 16.2. The first-order valence-electron chi connectivity index (χ1n) is 7.81. The number of benzene rings is 2. The lowest BCUT2D eigenvalue weighted by Gasteiger charge is -2.21. The fourth-order valence-corrected chi connectivity index (χ4v) is 2.31. The van der Waals surface area contributed by atoms with Gasteiger partial charge in [-0.05, 0) is 31.4 Å². The average molecular weight is 296 g/mol. The summed E-state index contributed by atoms with van der Waals surface area (Å²) >= 11 is 0. The van der Waals surface area contributed by atoms with E-state index in [0.717, 1.165) is 12.0 Å². The molecule has 0 aliphatic rings. The molecule has 22 heavy (non-hydrogen) atoms. The van der Waals surface area contributed by atoms with Gasteiger partial charge < -0.3 is 10.2 Å². The molecular formula is C19H24N2O. The first-order chi connectivity index (χ1) is 10.7. The Kier molecular flexibility index (Phi) is 6.01. The second-order valence-electron chi connectivity index (χ2n) is 5.47. The van der Waals surface area contributed by atoms with E-state index in [1.54, 1.807) is 0 Å². The van der Waals surface area contributed by atoms with Gasteiger partial charge >= 0.3 is 6.03 Å². The highest BCUT2D eigenvalue weighted by Gasteiger charge is 2.11. The Hall–Kier alpha value is -2.29. The molecule has 0 bridgehead atoms. The summed E-state index contributed by atoms with van der Waals surface area (Å²) in [5.41, 5.74) is 3.66. The van der Waals surface area contributed by atoms with E-state index in [0.29, 0.717) is 19.6 Å². The third-order valence-electron chi connectivity index (χ3n) is 3.70. The molecule has 2 aromatic carbocycles. The van der Waals surface area contributed by atoms with Crippen molar-refractivity contribution in [2.45, 2.75) is 26.8 Å². The van der Waals surface area contributed by atoms with Gasteiger partial charge in [0.25, 0.3) is 0 Å². The smallest absolute Gasteiger partial charge is 0.317 e. The van der Waals surface area contributed by atoms with E-state index in [1.807, 2.05) is 42.2 Å². The van der Waals surface area contributed by atoms with Crippen LogP contribution in [0.4, 0.5) is 4.79 Å². The molecule has 0 spiro atoms.